The second-order valence-corrected chi connectivity index (χ2v) is 9.92. The number of carbonyl (C=O) groups is 1. The maximum atomic E-state index is 13.2. The van der Waals surface area contributed by atoms with Crippen LogP contribution in [0.5, 0.6) is 0 Å². The third-order valence-corrected chi connectivity index (χ3v) is 7.04. The number of nitrogens with one attached hydrogen (secondary N) is 1. The number of allylic oxidation sites excluding steroid dienone is 2. The zero-order valence-corrected chi connectivity index (χ0v) is 22.8. The summed E-state index contributed by atoms with van der Waals surface area (Å²) in [4.78, 5) is 22.0. The van der Waals surface area contributed by atoms with Crippen molar-refractivity contribution < 1.29 is 18.7 Å². The molecule has 2 aliphatic rings. The molecule has 1 heterocycles. The molecule has 2 atom stereocenters. The Morgan fingerprint density at radius 1 is 1.21 bits per heavy atom. The molecule has 8 heteroatoms. The zero-order valence-electron chi connectivity index (χ0n) is 22.8. The van der Waals surface area contributed by atoms with Crippen LogP contribution in [-0.2, 0) is 20.8 Å². The number of hydrogen-bond acceptors (Lipinski definition) is 6. The molecular formula is C30H37FN4O3. The number of aliphatic imine (C=N–C) groups is 1. The monoisotopic (exact) mass is 520 g/mol. The minimum Gasteiger partial charge on any atom is -0.501 e. The molecule has 202 valence electrons. The minimum absolute atomic E-state index is 0.0664. The van der Waals surface area contributed by atoms with Gasteiger partial charge in [0.15, 0.2) is 0 Å². The van der Waals surface area contributed by atoms with Gasteiger partial charge in [0.1, 0.15) is 17.6 Å². The molecule has 1 N–H and O–H groups in total. The van der Waals surface area contributed by atoms with Crippen LogP contribution in [0.3, 0.4) is 0 Å². The molecule has 0 aromatic heterocycles. The van der Waals surface area contributed by atoms with Crippen molar-refractivity contribution in [1.29, 1.82) is 0 Å². The first-order chi connectivity index (χ1) is 18.3. The number of carbonyl (C=O) groups excluding carboxylic acids is 1. The van der Waals surface area contributed by atoms with E-state index in [2.05, 4.69) is 40.3 Å². The molecule has 2 aromatic carbocycles. The second kappa shape index (κ2) is 12.2. The zero-order chi connectivity index (χ0) is 27.2. The fraction of sp³-hybridized carbons (Fsp3) is 0.400. The Bertz CT molecular complexity index is 1220. The Morgan fingerprint density at radius 2 is 1.95 bits per heavy atom. The van der Waals surface area contributed by atoms with Crippen molar-refractivity contribution in [1.82, 2.24) is 5.32 Å². The number of nitrogens with zero attached hydrogens (tertiary/aromatic N) is 3. The van der Waals surface area contributed by atoms with Crippen molar-refractivity contribution in [3.05, 3.63) is 77.5 Å². The Balaban J connectivity index is 1.53. The predicted octanol–water partition coefficient (Wildman–Crippen LogP) is 5.35. The summed E-state index contributed by atoms with van der Waals surface area (Å²) >= 11 is 0. The maximum absolute atomic E-state index is 13.2. The minimum atomic E-state index is -0.547. The number of ether oxygens (including phenoxy) is 2. The number of benzene rings is 2. The van der Waals surface area contributed by atoms with E-state index in [-0.39, 0.29) is 17.8 Å². The number of fused-ring (bicyclic) bond motifs is 1. The van der Waals surface area contributed by atoms with Gasteiger partial charge in [-0.25, -0.2) is 4.39 Å². The van der Waals surface area contributed by atoms with Gasteiger partial charge < -0.3 is 24.6 Å². The number of halogens is 1. The van der Waals surface area contributed by atoms with E-state index in [1.54, 1.807) is 32.6 Å². The van der Waals surface area contributed by atoms with Crippen molar-refractivity contribution >= 4 is 29.2 Å². The van der Waals surface area contributed by atoms with Crippen LogP contribution < -0.4 is 15.1 Å². The molecule has 2 aromatic rings. The quantitative estimate of drug-likeness (QED) is 0.320. The number of hydrogen-bond donors (Lipinski definition) is 1. The number of anilines is 2. The van der Waals surface area contributed by atoms with Crippen LogP contribution in [0.1, 0.15) is 32.3 Å². The number of rotatable bonds is 11. The van der Waals surface area contributed by atoms with E-state index in [1.165, 1.54) is 25.0 Å². The molecular weight excluding hydrogens is 483 g/mol. The highest BCUT2D eigenvalue weighted by molar-refractivity contribution is 6.04. The second-order valence-electron chi connectivity index (χ2n) is 9.92. The van der Waals surface area contributed by atoms with Crippen molar-refractivity contribution in [2.45, 2.75) is 45.3 Å². The van der Waals surface area contributed by atoms with Gasteiger partial charge in [-0.3, -0.25) is 9.79 Å². The largest absolute Gasteiger partial charge is 0.501 e. The molecule has 7 nitrogen and oxygen atoms in total. The van der Waals surface area contributed by atoms with Crippen LogP contribution in [0.15, 0.2) is 71.1 Å². The van der Waals surface area contributed by atoms with Gasteiger partial charge in [0.2, 0.25) is 5.91 Å². The highest BCUT2D eigenvalue weighted by atomic mass is 19.1. The molecule has 0 radical (unpaired) electrons. The molecule has 0 spiro atoms. The first kappa shape index (κ1) is 27.2. The first-order valence-corrected chi connectivity index (χ1v) is 13.0. The van der Waals surface area contributed by atoms with Crippen LogP contribution in [-0.4, -0.2) is 52.0 Å². The Hall–Kier alpha value is -3.81. The Kier molecular flexibility index (Phi) is 8.71. The topological polar surface area (TPSA) is 66.4 Å². The highest BCUT2D eigenvalue weighted by Gasteiger charge is 2.30. The maximum Gasteiger partial charge on any atom is 0.248 e. The van der Waals surface area contributed by atoms with Gasteiger partial charge in [-0.2, -0.15) is 0 Å². The lowest BCUT2D eigenvalue weighted by atomic mass is 10.1. The molecule has 2 unspecified atom stereocenters. The lowest BCUT2D eigenvalue weighted by molar-refractivity contribution is -0.121. The SMILES string of the molecule is CO/C(C)=C/C(=C\C(C)N(CC1CC1)c1ccc2c(c1)N(C)C(C(=O)NCc1ccc(F)cc1)C=N2)OC. The molecule has 0 saturated heterocycles. The lowest BCUT2D eigenvalue weighted by Crippen LogP contribution is -2.47. The van der Waals surface area contributed by atoms with E-state index in [1.807, 2.05) is 31.0 Å². The summed E-state index contributed by atoms with van der Waals surface area (Å²) in [5, 5.41) is 2.95. The number of likely N-dealkylation sites (N-methyl/N-ethyl adjacent to an activating group) is 1. The van der Waals surface area contributed by atoms with Gasteiger partial charge in [0.05, 0.1) is 31.4 Å². The van der Waals surface area contributed by atoms with E-state index in [0.29, 0.717) is 12.5 Å². The molecule has 1 aliphatic heterocycles. The van der Waals surface area contributed by atoms with E-state index in [4.69, 9.17) is 9.47 Å². The molecule has 1 amide bonds. The molecule has 4 rings (SSSR count). The van der Waals surface area contributed by atoms with Gasteiger partial charge in [-0.1, -0.05) is 12.1 Å². The smallest absolute Gasteiger partial charge is 0.248 e. The molecule has 1 saturated carbocycles. The number of methoxy groups -OCH3 is 2. The van der Waals surface area contributed by atoms with E-state index >= 15 is 0 Å². The molecule has 38 heavy (non-hydrogen) atoms. The summed E-state index contributed by atoms with van der Waals surface area (Å²) < 4.78 is 24.1. The Morgan fingerprint density at radius 3 is 2.61 bits per heavy atom. The lowest BCUT2D eigenvalue weighted by Gasteiger charge is -2.34. The molecule has 0 bridgehead atoms. The van der Waals surface area contributed by atoms with Crippen molar-refractivity contribution in [2.24, 2.45) is 10.9 Å². The van der Waals surface area contributed by atoms with E-state index in [0.717, 1.165) is 40.7 Å². The average molecular weight is 521 g/mol. The van der Waals surface area contributed by atoms with Crippen LogP contribution >= 0.6 is 0 Å². The van der Waals surface area contributed by atoms with Gasteiger partial charge >= 0.3 is 0 Å². The van der Waals surface area contributed by atoms with E-state index < -0.39 is 6.04 Å². The fourth-order valence-corrected chi connectivity index (χ4v) is 4.47. The molecule has 1 aliphatic carbocycles. The summed E-state index contributed by atoms with van der Waals surface area (Å²) in [7, 11) is 5.21. The van der Waals surface area contributed by atoms with Crippen LogP contribution in [0, 0.1) is 11.7 Å². The first-order valence-electron chi connectivity index (χ1n) is 13.0. The van der Waals surface area contributed by atoms with Crippen LogP contribution in [0.2, 0.25) is 0 Å². The predicted molar refractivity (Wildman–Crippen MR) is 150 cm³/mol. The van der Waals surface area contributed by atoms with Gasteiger partial charge in [0.25, 0.3) is 0 Å². The normalized spacial score (nSPS) is 18.1. The van der Waals surface area contributed by atoms with Gasteiger partial charge in [-0.05, 0) is 74.6 Å². The summed E-state index contributed by atoms with van der Waals surface area (Å²) in [5.74, 6) is 1.73. The summed E-state index contributed by atoms with van der Waals surface area (Å²) in [5.41, 5.74) is 3.62. The van der Waals surface area contributed by atoms with Gasteiger partial charge in [0, 0.05) is 44.2 Å². The highest BCUT2D eigenvalue weighted by Crippen LogP contribution is 2.38. The fourth-order valence-electron chi connectivity index (χ4n) is 4.47. The standard InChI is InChI=1S/C30H37FN4O3/c1-20(14-26(38-5)15-21(2)37-4)35(19-23-6-7-23)25-12-13-27-28(16-25)34(3)29(18-32-27)30(36)33-17-22-8-10-24(31)11-9-22/h8-16,18,20,23,29H,6-7,17,19H2,1-5H3,(H,33,36)/b21-15+,26-14+. The third-order valence-electron chi connectivity index (χ3n) is 7.04. The van der Waals surface area contributed by atoms with Crippen LogP contribution in [0.4, 0.5) is 21.5 Å². The third kappa shape index (κ3) is 6.73. The summed E-state index contributed by atoms with van der Waals surface area (Å²) in [6, 6.07) is 11.8. The average Bonchev–Trinajstić information content (AvgIpc) is 3.75. The van der Waals surface area contributed by atoms with E-state index in [9.17, 15) is 9.18 Å². The van der Waals surface area contributed by atoms with Crippen molar-refractivity contribution in [3.8, 4) is 0 Å². The van der Waals surface area contributed by atoms with Gasteiger partial charge in [-0.15, -0.1) is 0 Å². The number of amides is 1. The summed E-state index contributed by atoms with van der Waals surface area (Å²) in [6.45, 7) is 5.31. The Labute approximate surface area is 224 Å². The molecule has 1 fully saturated rings. The van der Waals surface area contributed by atoms with Crippen molar-refractivity contribution in [2.75, 3.05) is 37.6 Å². The van der Waals surface area contributed by atoms with Crippen LogP contribution in [0.25, 0.3) is 0 Å². The van der Waals surface area contributed by atoms with Crippen molar-refractivity contribution in [3.63, 3.8) is 0 Å². The summed E-state index contributed by atoms with van der Waals surface area (Å²) in [6.07, 6.45) is 8.12.